The quantitative estimate of drug-likeness (QED) is 0.724. The minimum absolute atomic E-state index is 0.0198. The number of benzene rings is 1. The Labute approximate surface area is 167 Å². The van der Waals surface area contributed by atoms with Crippen molar-refractivity contribution in [3.05, 3.63) is 39.7 Å². The first-order chi connectivity index (χ1) is 13.9. The molecule has 9 nitrogen and oxygen atoms in total. The lowest BCUT2D eigenvalue weighted by Gasteiger charge is -2.19. The molecule has 0 aliphatic carbocycles. The molecule has 0 saturated heterocycles. The number of nitrogens with zero attached hydrogens (tertiary/aromatic N) is 3. The number of methoxy groups -OCH3 is 1. The maximum absolute atomic E-state index is 12.1. The number of aromatic nitrogens is 1. The minimum atomic E-state index is -0.692. The van der Waals surface area contributed by atoms with Gasteiger partial charge in [-0.1, -0.05) is 6.07 Å². The second kappa shape index (κ2) is 9.29. The number of aromatic amines is 1. The number of nitrogens with one attached hydrogen (secondary N) is 1. The highest BCUT2D eigenvalue weighted by Gasteiger charge is 2.20. The monoisotopic (exact) mass is 395 g/mol. The van der Waals surface area contributed by atoms with Crippen molar-refractivity contribution in [3.63, 3.8) is 0 Å². The number of carbonyl (C=O) groups excluding carboxylic acids is 1. The Morgan fingerprint density at radius 3 is 2.38 bits per heavy atom. The third kappa shape index (κ3) is 4.30. The van der Waals surface area contributed by atoms with E-state index in [0.717, 1.165) is 0 Å². The first-order valence-electron chi connectivity index (χ1n) is 8.86. The first-order valence-corrected chi connectivity index (χ1v) is 8.86. The number of amides is 1. The lowest BCUT2D eigenvalue weighted by Crippen LogP contribution is -2.34. The minimum Gasteiger partial charge on any atom is -0.493 e. The fraction of sp³-hybridized carbons (Fsp3) is 0.300. The summed E-state index contributed by atoms with van der Waals surface area (Å²) in [6, 6.07) is 8.35. The van der Waals surface area contributed by atoms with E-state index in [1.807, 2.05) is 26.0 Å². The third-order valence-corrected chi connectivity index (χ3v) is 4.39. The van der Waals surface area contributed by atoms with E-state index in [-0.39, 0.29) is 40.8 Å². The van der Waals surface area contributed by atoms with Gasteiger partial charge >= 0.3 is 0 Å². The summed E-state index contributed by atoms with van der Waals surface area (Å²) in [6.07, 6.45) is 0. The summed E-state index contributed by atoms with van der Waals surface area (Å²) in [5.74, 6) is 0.297. The molecule has 0 aliphatic rings. The molecule has 2 rings (SSSR count). The summed E-state index contributed by atoms with van der Waals surface area (Å²) in [7, 11) is 1.42. The zero-order chi connectivity index (χ0) is 21.6. The van der Waals surface area contributed by atoms with Crippen molar-refractivity contribution in [1.29, 1.82) is 10.5 Å². The fourth-order valence-electron chi connectivity index (χ4n) is 2.88. The van der Waals surface area contributed by atoms with E-state index in [1.54, 1.807) is 17.0 Å². The van der Waals surface area contributed by atoms with Gasteiger partial charge in [0.05, 0.1) is 7.11 Å². The number of hydrogen-bond donors (Lipinski definition) is 2. The van der Waals surface area contributed by atoms with Crippen LogP contribution in [0.15, 0.2) is 23.0 Å². The maximum atomic E-state index is 12.1. The van der Waals surface area contributed by atoms with Gasteiger partial charge in [-0.25, -0.2) is 0 Å². The highest BCUT2D eigenvalue weighted by Crippen LogP contribution is 2.35. The van der Waals surface area contributed by atoms with Crippen molar-refractivity contribution in [1.82, 2.24) is 9.88 Å². The van der Waals surface area contributed by atoms with Crippen molar-refractivity contribution in [3.8, 4) is 34.8 Å². The number of hydrogen-bond acceptors (Lipinski definition) is 7. The largest absolute Gasteiger partial charge is 0.493 e. The Morgan fingerprint density at radius 1 is 1.17 bits per heavy atom. The number of anilines is 1. The van der Waals surface area contributed by atoms with Gasteiger partial charge in [0.25, 0.3) is 11.5 Å². The molecular weight excluding hydrogens is 374 g/mol. The van der Waals surface area contributed by atoms with Crippen molar-refractivity contribution < 1.29 is 14.3 Å². The van der Waals surface area contributed by atoms with E-state index in [0.29, 0.717) is 24.4 Å². The predicted molar refractivity (Wildman–Crippen MR) is 106 cm³/mol. The predicted octanol–water partition coefficient (Wildman–Crippen LogP) is 1.62. The summed E-state index contributed by atoms with van der Waals surface area (Å²) in [6.45, 7) is 4.74. The number of nitriles is 2. The van der Waals surface area contributed by atoms with E-state index in [1.165, 1.54) is 13.2 Å². The molecule has 0 unspecified atom stereocenters. The molecule has 150 valence electrons. The van der Waals surface area contributed by atoms with Crippen molar-refractivity contribution >= 4 is 11.7 Å². The molecule has 1 amide bonds. The van der Waals surface area contributed by atoms with Crippen LogP contribution in [0.5, 0.6) is 11.5 Å². The number of nitrogen functional groups attached to an aromatic ring is 1. The smallest absolute Gasteiger partial charge is 0.268 e. The highest BCUT2D eigenvalue weighted by molar-refractivity contribution is 5.81. The van der Waals surface area contributed by atoms with Gasteiger partial charge < -0.3 is 25.1 Å². The molecule has 1 heterocycles. The molecule has 0 bridgehead atoms. The molecule has 0 aliphatic heterocycles. The highest BCUT2D eigenvalue weighted by atomic mass is 16.5. The summed E-state index contributed by atoms with van der Waals surface area (Å²) in [5, 5.41) is 18.8. The van der Waals surface area contributed by atoms with Crippen LogP contribution < -0.4 is 20.8 Å². The van der Waals surface area contributed by atoms with Gasteiger partial charge in [0.2, 0.25) is 0 Å². The van der Waals surface area contributed by atoms with Crippen LogP contribution in [0.4, 0.5) is 5.82 Å². The lowest BCUT2D eigenvalue weighted by atomic mass is 9.96. The Kier molecular flexibility index (Phi) is 6.83. The SMILES string of the molecule is CCN(CC)C(=O)COc1ccc(-c2c(C#N)c(N)[nH]c(=O)c2C#N)cc1OC. The van der Waals surface area contributed by atoms with Crippen LogP contribution in [0, 0.1) is 22.7 Å². The average molecular weight is 395 g/mol. The molecule has 0 fully saturated rings. The number of nitrogens with two attached hydrogens (primary N) is 1. The zero-order valence-electron chi connectivity index (χ0n) is 16.4. The number of pyridine rings is 1. The van der Waals surface area contributed by atoms with Gasteiger partial charge in [-0.3, -0.25) is 9.59 Å². The van der Waals surface area contributed by atoms with E-state index >= 15 is 0 Å². The Morgan fingerprint density at radius 2 is 1.83 bits per heavy atom. The second-order valence-corrected chi connectivity index (χ2v) is 5.94. The number of H-pyrrole nitrogens is 1. The zero-order valence-corrected chi connectivity index (χ0v) is 16.4. The van der Waals surface area contributed by atoms with Crippen LogP contribution in [0.25, 0.3) is 11.1 Å². The topological polar surface area (TPSA) is 145 Å². The molecule has 29 heavy (non-hydrogen) atoms. The molecule has 0 spiro atoms. The van der Waals surface area contributed by atoms with Crippen LogP contribution in [0.3, 0.4) is 0 Å². The molecule has 9 heteroatoms. The Bertz CT molecular complexity index is 1060. The van der Waals surface area contributed by atoms with Crippen LogP contribution in [0.2, 0.25) is 0 Å². The lowest BCUT2D eigenvalue weighted by molar-refractivity contribution is -0.132. The number of likely N-dealkylation sites (N-methyl/N-ethyl adjacent to an activating group) is 1. The van der Waals surface area contributed by atoms with Crippen molar-refractivity contribution in [2.24, 2.45) is 0 Å². The van der Waals surface area contributed by atoms with Crippen molar-refractivity contribution in [2.75, 3.05) is 32.5 Å². The van der Waals surface area contributed by atoms with E-state index in [4.69, 9.17) is 15.2 Å². The molecule has 3 N–H and O–H groups in total. The third-order valence-electron chi connectivity index (χ3n) is 4.39. The molecule has 0 saturated carbocycles. The van der Waals surface area contributed by atoms with Crippen molar-refractivity contribution in [2.45, 2.75) is 13.8 Å². The molecule has 2 aromatic rings. The van der Waals surface area contributed by atoms with Crippen LogP contribution in [-0.2, 0) is 4.79 Å². The van der Waals surface area contributed by atoms with E-state index < -0.39 is 5.56 Å². The van der Waals surface area contributed by atoms with E-state index in [2.05, 4.69) is 4.98 Å². The maximum Gasteiger partial charge on any atom is 0.268 e. The molecular formula is C20H21N5O4. The van der Waals surface area contributed by atoms with Gasteiger partial charge in [0.15, 0.2) is 18.1 Å². The van der Waals surface area contributed by atoms with Gasteiger partial charge in [-0.15, -0.1) is 0 Å². The Hall–Kier alpha value is -3.98. The second-order valence-electron chi connectivity index (χ2n) is 5.94. The first kappa shape index (κ1) is 21.3. The van der Waals surface area contributed by atoms with Gasteiger partial charge in [0, 0.05) is 18.7 Å². The number of carbonyl (C=O) groups is 1. The fourth-order valence-corrected chi connectivity index (χ4v) is 2.88. The van der Waals surface area contributed by atoms with Gasteiger partial charge in [-0.05, 0) is 31.5 Å². The van der Waals surface area contributed by atoms with Gasteiger partial charge in [-0.2, -0.15) is 10.5 Å². The summed E-state index contributed by atoms with van der Waals surface area (Å²) in [5.41, 5.74) is 5.30. The summed E-state index contributed by atoms with van der Waals surface area (Å²) < 4.78 is 10.9. The van der Waals surface area contributed by atoms with Crippen LogP contribution >= 0.6 is 0 Å². The average Bonchev–Trinajstić information content (AvgIpc) is 2.72. The summed E-state index contributed by atoms with van der Waals surface area (Å²) in [4.78, 5) is 28.2. The van der Waals surface area contributed by atoms with Gasteiger partial charge in [0.1, 0.15) is 29.1 Å². The number of rotatable bonds is 7. The summed E-state index contributed by atoms with van der Waals surface area (Å²) >= 11 is 0. The standard InChI is InChI=1S/C20H21N5O4/c1-4-25(5-2)17(26)11-29-15-7-6-12(8-16(15)28-3)18-13(9-21)19(23)24-20(27)14(18)10-22/h6-8H,4-5,11H2,1-3H3,(H3,23,24,27). The van der Waals surface area contributed by atoms with Crippen LogP contribution in [-0.4, -0.2) is 42.6 Å². The normalized spacial score (nSPS) is 9.97. The Balaban J connectivity index is 2.48. The molecule has 1 aromatic carbocycles. The molecule has 0 radical (unpaired) electrons. The molecule has 0 atom stereocenters. The number of ether oxygens (including phenoxy) is 2. The van der Waals surface area contributed by atoms with E-state index in [9.17, 15) is 20.1 Å². The molecule has 1 aromatic heterocycles. The van der Waals surface area contributed by atoms with Crippen LogP contribution in [0.1, 0.15) is 25.0 Å².